The Morgan fingerprint density at radius 2 is 2.35 bits per heavy atom. The van der Waals surface area contributed by atoms with Crippen LogP contribution in [0.15, 0.2) is 12.3 Å². The van der Waals surface area contributed by atoms with Crippen LogP contribution in [0.3, 0.4) is 0 Å². The predicted molar refractivity (Wildman–Crippen MR) is 71.5 cm³/mol. The Kier molecular flexibility index (Phi) is 4.18. The van der Waals surface area contributed by atoms with Crippen LogP contribution in [0.1, 0.15) is 39.5 Å². The van der Waals surface area contributed by atoms with Crippen LogP contribution in [-0.4, -0.2) is 29.1 Å². The van der Waals surface area contributed by atoms with E-state index in [1.54, 1.807) is 0 Å². The lowest BCUT2D eigenvalue weighted by molar-refractivity contribution is 0.640. The third-order valence-corrected chi connectivity index (χ3v) is 3.32. The maximum Gasteiger partial charge on any atom is 0.224 e. The summed E-state index contributed by atoms with van der Waals surface area (Å²) in [4.78, 5) is 11.3. The molecule has 1 N–H and O–H groups in total. The SMILES string of the molecule is CCCNc1nccc(N2CCCC2CC)n1. The molecule has 2 rings (SSSR count). The van der Waals surface area contributed by atoms with Crippen molar-refractivity contribution in [3.63, 3.8) is 0 Å². The molecule has 0 amide bonds. The van der Waals surface area contributed by atoms with Crippen molar-refractivity contribution in [1.29, 1.82) is 0 Å². The Morgan fingerprint density at radius 1 is 1.47 bits per heavy atom. The lowest BCUT2D eigenvalue weighted by Gasteiger charge is -2.24. The predicted octanol–water partition coefficient (Wildman–Crippen LogP) is 2.68. The lowest BCUT2D eigenvalue weighted by Crippen LogP contribution is -2.29. The van der Waals surface area contributed by atoms with Crippen molar-refractivity contribution in [2.75, 3.05) is 23.3 Å². The lowest BCUT2D eigenvalue weighted by atomic mass is 10.2. The number of nitrogens with zero attached hydrogens (tertiary/aromatic N) is 3. The Hall–Kier alpha value is -1.32. The molecule has 0 spiro atoms. The summed E-state index contributed by atoms with van der Waals surface area (Å²) in [6, 6.07) is 2.68. The highest BCUT2D eigenvalue weighted by molar-refractivity contribution is 5.44. The number of nitrogens with one attached hydrogen (secondary N) is 1. The van der Waals surface area contributed by atoms with Crippen LogP contribution in [0.5, 0.6) is 0 Å². The molecule has 0 saturated carbocycles. The zero-order valence-corrected chi connectivity index (χ0v) is 10.8. The molecule has 1 unspecified atom stereocenters. The van der Waals surface area contributed by atoms with Crippen molar-refractivity contribution in [3.05, 3.63) is 12.3 Å². The molecule has 0 radical (unpaired) electrons. The van der Waals surface area contributed by atoms with Gasteiger partial charge in [-0.05, 0) is 31.7 Å². The van der Waals surface area contributed by atoms with E-state index in [0.29, 0.717) is 6.04 Å². The molecule has 1 atom stereocenters. The number of hydrogen-bond acceptors (Lipinski definition) is 4. The van der Waals surface area contributed by atoms with Gasteiger partial charge in [0, 0.05) is 25.3 Å². The van der Waals surface area contributed by atoms with Crippen molar-refractivity contribution >= 4 is 11.8 Å². The quantitative estimate of drug-likeness (QED) is 0.850. The first kappa shape index (κ1) is 12.1. The van der Waals surface area contributed by atoms with Gasteiger partial charge in [0.2, 0.25) is 5.95 Å². The van der Waals surface area contributed by atoms with Crippen LogP contribution >= 0.6 is 0 Å². The van der Waals surface area contributed by atoms with E-state index in [2.05, 4.69) is 34.0 Å². The molecule has 4 nitrogen and oxygen atoms in total. The summed E-state index contributed by atoms with van der Waals surface area (Å²) in [6.45, 7) is 6.45. The van der Waals surface area contributed by atoms with E-state index in [4.69, 9.17) is 0 Å². The third kappa shape index (κ3) is 2.87. The minimum Gasteiger partial charge on any atom is -0.354 e. The average Bonchev–Trinajstić information content (AvgIpc) is 2.85. The minimum atomic E-state index is 0.656. The van der Waals surface area contributed by atoms with Gasteiger partial charge in [-0.2, -0.15) is 4.98 Å². The molecule has 1 fully saturated rings. The summed E-state index contributed by atoms with van der Waals surface area (Å²) in [7, 11) is 0. The average molecular weight is 234 g/mol. The van der Waals surface area contributed by atoms with Gasteiger partial charge in [0.15, 0.2) is 0 Å². The highest BCUT2D eigenvalue weighted by Crippen LogP contribution is 2.25. The topological polar surface area (TPSA) is 41.1 Å². The van der Waals surface area contributed by atoms with Crippen LogP contribution < -0.4 is 10.2 Å². The Labute approximate surface area is 103 Å². The molecule has 1 aromatic rings. The van der Waals surface area contributed by atoms with Crippen LogP contribution in [0.2, 0.25) is 0 Å². The standard InChI is InChI=1S/C13H22N4/c1-3-8-14-13-15-9-7-12(16-13)17-10-5-6-11(17)4-2/h7,9,11H,3-6,8,10H2,1-2H3,(H,14,15,16). The molecule has 4 heteroatoms. The van der Waals surface area contributed by atoms with Crippen molar-refractivity contribution in [2.45, 2.75) is 45.6 Å². The van der Waals surface area contributed by atoms with E-state index >= 15 is 0 Å². The minimum absolute atomic E-state index is 0.656. The molecular formula is C13H22N4. The maximum atomic E-state index is 4.59. The van der Waals surface area contributed by atoms with E-state index in [9.17, 15) is 0 Å². The smallest absolute Gasteiger partial charge is 0.224 e. The van der Waals surface area contributed by atoms with Gasteiger partial charge in [-0.3, -0.25) is 0 Å². The van der Waals surface area contributed by atoms with Gasteiger partial charge in [0.1, 0.15) is 5.82 Å². The molecule has 0 aliphatic carbocycles. The van der Waals surface area contributed by atoms with Crippen molar-refractivity contribution in [2.24, 2.45) is 0 Å². The molecule has 94 valence electrons. The molecule has 0 bridgehead atoms. The van der Waals surface area contributed by atoms with Gasteiger partial charge in [0.25, 0.3) is 0 Å². The second-order valence-corrected chi connectivity index (χ2v) is 4.56. The maximum absolute atomic E-state index is 4.59. The highest BCUT2D eigenvalue weighted by Gasteiger charge is 2.24. The molecule has 2 heterocycles. The van der Waals surface area contributed by atoms with Gasteiger partial charge in [-0.15, -0.1) is 0 Å². The van der Waals surface area contributed by atoms with Crippen molar-refractivity contribution < 1.29 is 0 Å². The summed E-state index contributed by atoms with van der Waals surface area (Å²) in [5.74, 6) is 1.83. The summed E-state index contributed by atoms with van der Waals surface area (Å²) in [6.07, 6.45) is 6.71. The van der Waals surface area contributed by atoms with Gasteiger partial charge >= 0.3 is 0 Å². The Bertz CT molecular complexity index is 353. The number of aromatic nitrogens is 2. The summed E-state index contributed by atoms with van der Waals surface area (Å²) in [5.41, 5.74) is 0. The molecule has 1 aliphatic rings. The summed E-state index contributed by atoms with van der Waals surface area (Å²) in [5, 5.41) is 3.24. The number of rotatable bonds is 5. The summed E-state index contributed by atoms with van der Waals surface area (Å²) >= 11 is 0. The second kappa shape index (κ2) is 5.84. The zero-order chi connectivity index (χ0) is 12.1. The largest absolute Gasteiger partial charge is 0.354 e. The monoisotopic (exact) mass is 234 g/mol. The van der Waals surface area contributed by atoms with Gasteiger partial charge in [-0.1, -0.05) is 13.8 Å². The van der Waals surface area contributed by atoms with Gasteiger partial charge in [0.05, 0.1) is 0 Å². The van der Waals surface area contributed by atoms with E-state index in [1.165, 1.54) is 19.3 Å². The molecule has 17 heavy (non-hydrogen) atoms. The summed E-state index contributed by atoms with van der Waals surface area (Å²) < 4.78 is 0. The van der Waals surface area contributed by atoms with Crippen molar-refractivity contribution in [3.8, 4) is 0 Å². The van der Waals surface area contributed by atoms with E-state index < -0.39 is 0 Å². The normalized spacial score (nSPS) is 19.6. The zero-order valence-electron chi connectivity index (χ0n) is 10.8. The fourth-order valence-electron chi connectivity index (χ4n) is 2.39. The van der Waals surface area contributed by atoms with E-state index in [0.717, 1.165) is 31.3 Å². The second-order valence-electron chi connectivity index (χ2n) is 4.56. The number of anilines is 2. The first-order valence-corrected chi connectivity index (χ1v) is 6.68. The Balaban J connectivity index is 2.09. The van der Waals surface area contributed by atoms with E-state index in [1.807, 2.05) is 12.3 Å². The van der Waals surface area contributed by atoms with E-state index in [-0.39, 0.29) is 0 Å². The van der Waals surface area contributed by atoms with Gasteiger partial charge < -0.3 is 10.2 Å². The fraction of sp³-hybridized carbons (Fsp3) is 0.692. The molecule has 1 saturated heterocycles. The number of hydrogen-bond donors (Lipinski definition) is 1. The highest BCUT2D eigenvalue weighted by atomic mass is 15.3. The van der Waals surface area contributed by atoms with Crippen LogP contribution in [0.25, 0.3) is 0 Å². The molecular weight excluding hydrogens is 212 g/mol. The molecule has 1 aliphatic heterocycles. The molecule has 1 aromatic heterocycles. The van der Waals surface area contributed by atoms with Gasteiger partial charge in [-0.25, -0.2) is 4.98 Å². The first-order valence-electron chi connectivity index (χ1n) is 6.68. The van der Waals surface area contributed by atoms with Crippen LogP contribution in [-0.2, 0) is 0 Å². The van der Waals surface area contributed by atoms with Crippen molar-refractivity contribution in [1.82, 2.24) is 9.97 Å². The molecule has 0 aromatic carbocycles. The Morgan fingerprint density at radius 3 is 3.12 bits per heavy atom. The van der Waals surface area contributed by atoms with Crippen LogP contribution in [0.4, 0.5) is 11.8 Å². The first-order chi connectivity index (χ1) is 8.35. The third-order valence-electron chi connectivity index (χ3n) is 3.32. The van der Waals surface area contributed by atoms with Crippen LogP contribution in [0, 0.1) is 0 Å². The fourth-order valence-corrected chi connectivity index (χ4v) is 2.39.